The van der Waals surface area contributed by atoms with E-state index >= 15 is 0 Å². The van der Waals surface area contributed by atoms with E-state index in [2.05, 4.69) is 33.1 Å². The largest absolute Gasteiger partial charge is 0.332 e. The normalized spacial score (nSPS) is 11.7. The standard InChI is InChI=1S/C15H19N5O/c1-11(16-2)12-5-3-6-13(9-12)19-15(21)17-10-14-7-4-8-18-20-14/h3-9,11,16H,10H2,1-2H3,(H2,17,19,21). The lowest BCUT2D eigenvalue weighted by Gasteiger charge is -2.13. The van der Waals surface area contributed by atoms with E-state index in [4.69, 9.17) is 0 Å². The molecule has 1 aromatic carbocycles. The third kappa shape index (κ3) is 4.54. The number of anilines is 1. The van der Waals surface area contributed by atoms with Gasteiger partial charge in [0.05, 0.1) is 12.2 Å². The molecule has 0 saturated carbocycles. The number of hydrogen-bond acceptors (Lipinski definition) is 4. The molecule has 2 aromatic rings. The van der Waals surface area contributed by atoms with Crippen LogP contribution in [0, 0.1) is 0 Å². The van der Waals surface area contributed by atoms with Crippen LogP contribution in [0.25, 0.3) is 0 Å². The highest BCUT2D eigenvalue weighted by Gasteiger charge is 2.06. The third-order valence-corrected chi connectivity index (χ3v) is 3.14. The van der Waals surface area contributed by atoms with E-state index in [0.717, 1.165) is 11.3 Å². The molecule has 0 bridgehead atoms. The Morgan fingerprint density at radius 3 is 2.86 bits per heavy atom. The minimum atomic E-state index is -0.269. The number of benzene rings is 1. The number of amides is 2. The van der Waals surface area contributed by atoms with Crippen molar-refractivity contribution in [2.45, 2.75) is 19.5 Å². The molecule has 0 aliphatic carbocycles. The SMILES string of the molecule is CNC(C)c1cccc(NC(=O)NCc2cccnn2)c1. The van der Waals surface area contributed by atoms with Gasteiger partial charge in [0.1, 0.15) is 0 Å². The fourth-order valence-corrected chi connectivity index (χ4v) is 1.83. The van der Waals surface area contributed by atoms with E-state index in [1.807, 2.05) is 37.4 Å². The van der Waals surface area contributed by atoms with Crippen molar-refractivity contribution in [2.75, 3.05) is 12.4 Å². The summed E-state index contributed by atoms with van der Waals surface area (Å²) in [5, 5.41) is 16.4. The van der Waals surface area contributed by atoms with Gasteiger partial charge in [-0.25, -0.2) is 4.79 Å². The molecule has 3 N–H and O–H groups in total. The monoisotopic (exact) mass is 285 g/mol. The summed E-state index contributed by atoms with van der Waals surface area (Å²) in [5.41, 5.74) is 2.58. The van der Waals surface area contributed by atoms with E-state index < -0.39 is 0 Å². The van der Waals surface area contributed by atoms with Crippen molar-refractivity contribution in [1.82, 2.24) is 20.8 Å². The molecule has 0 saturated heterocycles. The van der Waals surface area contributed by atoms with Crippen molar-refractivity contribution in [2.24, 2.45) is 0 Å². The first-order valence-electron chi connectivity index (χ1n) is 6.77. The van der Waals surface area contributed by atoms with E-state index in [0.29, 0.717) is 12.2 Å². The Hall–Kier alpha value is -2.47. The molecular weight excluding hydrogens is 266 g/mol. The summed E-state index contributed by atoms with van der Waals surface area (Å²) < 4.78 is 0. The Morgan fingerprint density at radius 2 is 2.14 bits per heavy atom. The highest BCUT2D eigenvalue weighted by molar-refractivity contribution is 5.89. The molecule has 0 aliphatic rings. The number of rotatable bonds is 5. The molecule has 0 spiro atoms. The average molecular weight is 285 g/mol. The fourth-order valence-electron chi connectivity index (χ4n) is 1.83. The first kappa shape index (κ1) is 14.9. The van der Waals surface area contributed by atoms with Gasteiger partial charge < -0.3 is 16.0 Å². The zero-order valence-electron chi connectivity index (χ0n) is 12.1. The molecule has 6 nitrogen and oxygen atoms in total. The van der Waals surface area contributed by atoms with Crippen molar-refractivity contribution in [1.29, 1.82) is 0 Å². The number of nitrogens with one attached hydrogen (secondary N) is 3. The maximum absolute atomic E-state index is 11.9. The maximum Gasteiger partial charge on any atom is 0.319 e. The molecule has 0 aliphatic heterocycles. The molecule has 0 radical (unpaired) electrons. The van der Waals surface area contributed by atoms with Crippen molar-refractivity contribution in [3.63, 3.8) is 0 Å². The fraction of sp³-hybridized carbons (Fsp3) is 0.267. The first-order valence-corrected chi connectivity index (χ1v) is 6.77. The van der Waals surface area contributed by atoms with E-state index in [-0.39, 0.29) is 12.1 Å². The third-order valence-electron chi connectivity index (χ3n) is 3.14. The predicted octanol–water partition coefficient (Wildman–Crippen LogP) is 2.08. The lowest BCUT2D eigenvalue weighted by atomic mass is 10.1. The molecule has 110 valence electrons. The summed E-state index contributed by atoms with van der Waals surface area (Å²) >= 11 is 0. The zero-order chi connectivity index (χ0) is 15.1. The number of hydrogen-bond donors (Lipinski definition) is 3. The van der Waals surface area contributed by atoms with Crippen LogP contribution in [0.1, 0.15) is 24.2 Å². The predicted molar refractivity (Wildman–Crippen MR) is 81.8 cm³/mol. The Bertz CT molecular complexity index is 588. The zero-order valence-corrected chi connectivity index (χ0v) is 12.1. The summed E-state index contributed by atoms with van der Waals surface area (Å²) in [6, 6.07) is 11.3. The van der Waals surface area contributed by atoms with E-state index in [1.165, 1.54) is 0 Å². The van der Waals surface area contributed by atoms with Gasteiger partial charge in [-0.15, -0.1) is 0 Å². The Labute approximate surface area is 124 Å². The summed E-state index contributed by atoms with van der Waals surface area (Å²) in [6.45, 7) is 2.40. The molecule has 2 amide bonds. The summed E-state index contributed by atoms with van der Waals surface area (Å²) in [4.78, 5) is 11.9. The summed E-state index contributed by atoms with van der Waals surface area (Å²) in [5.74, 6) is 0. The highest BCUT2D eigenvalue weighted by atomic mass is 16.2. The van der Waals surface area contributed by atoms with Gasteiger partial charge in [0.25, 0.3) is 0 Å². The van der Waals surface area contributed by atoms with Crippen LogP contribution in [0.15, 0.2) is 42.6 Å². The molecule has 1 atom stereocenters. The van der Waals surface area contributed by atoms with Crippen LogP contribution >= 0.6 is 0 Å². The molecule has 1 aromatic heterocycles. The quantitative estimate of drug-likeness (QED) is 0.786. The second kappa shape index (κ2) is 7.35. The Kier molecular flexibility index (Phi) is 5.22. The van der Waals surface area contributed by atoms with Gasteiger partial charge in [0, 0.05) is 17.9 Å². The molecule has 21 heavy (non-hydrogen) atoms. The lowest BCUT2D eigenvalue weighted by molar-refractivity contribution is 0.251. The van der Waals surface area contributed by atoms with Crippen molar-refractivity contribution < 1.29 is 4.79 Å². The van der Waals surface area contributed by atoms with Crippen molar-refractivity contribution in [3.05, 3.63) is 53.9 Å². The van der Waals surface area contributed by atoms with Crippen LogP contribution in [0.4, 0.5) is 10.5 Å². The highest BCUT2D eigenvalue weighted by Crippen LogP contribution is 2.16. The van der Waals surface area contributed by atoms with Gasteiger partial charge in [-0.2, -0.15) is 10.2 Å². The van der Waals surface area contributed by atoms with Gasteiger partial charge in [0.2, 0.25) is 0 Å². The topological polar surface area (TPSA) is 78.9 Å². The van der Waals surface area contributed by atoms with Gasteiger partial charge >= 0.3 is 6.03 Å². The second-order valence-corrected chi connectivity index (χ2v) is 4.66. The van der Waals surface area contributed by atoms with Crippen molar-refractivity contribution >= 4 is 11.7 Å². The van der Waals surface area contributed by atoms with E-state index in [1.54, 1.807) is 12.3 Å². The lowest BCUT2D eigenvalue weighted by Crippen LogP contribution is -2.28. The van der Waals surface area contributed by atoms with E-state index in [9.17, 15) is 4.79 Å². The van der Waals surface area contributed by atoms with Crippen LogP contribution in [0.5, 0.6) is 0 Å². The second-order valence-electron chi connectivity index (χ2n) is 4.66. The number of urea groups is 1. The maximum atomic E-state index is 11.9. The number of aromatic nitrogens is 2. The number of carbonyl (C=O) groups is 1. The van der Waals surface area contributed by atoms with Gasteiger partial charge in [0.15, 0.2) is 0 Å². The summed E-state index contributed by atoms with van der Waals surface area (Å²) in [7, 11) is 1.90. The molecule has 2 rings (SSSR count). The van der Waals surface area contributed by atoms with Crippen LogP contribution in [-0.4, -0.2) is 23.3 Å². The van der Waals surface area contributed by atoms with Gasteiger partial charge in [-0.05, 0) is 43.8 Å². The first-order chi connectivity index (χ1) is 10.2. The average Bonchev–Trinajstić information content (AvgIpc) is 2.53. The Balaban J connectivity index is 1.90. The van der Waals surface area contributed by atoms with Gasteiger partial charge in [-0.3, -0.25) is 0 Å². The molecule has 6 heteroatoms. The van der Waals surface area contributed by atoms with Crippen LogP contribution in [0.2, 0.25) is 0 Å². The smallest absolute Gasteiger partial charge is 0.319 e. The molecule has 1 heterocycles. The number of nitrogens with zero attached hydrogens (tertiary/aromatic N) is 2. The van der Waals surface area contributed by atoms with Gasteiger partial charge in [-0.1, -0.05) is 12.1 Å². The molecule has 0 fully saturated rings. The number of carbonyl (C=O) groups excluding carboxylic acids is 1. The van der Waals surface area contributed by atoms with Crippen LogP contribution in [-0.2, 0) is 6.54 Å². The van der Waals surface area contributed by atoms with Crippen LogP contribution < -0.4 is 16.0 Å². The summed E-state index contributed by atoms with van der Waals surface area (Å²) in [6.07, 6.45) is 1.60. The minimum absolute atomic E-state index is 0.231. The molecule has 1 unspecified atom stereocenters. The van der Waals surface area contributed by atoms with Crippen molar-refractivity contribution in [3.8, 4) is 0 Å². The Morgan fingerprint density at radius 1 is 1.29 bits per heavy atom. The minimum Gasteiger partial charge on any atom is -0.332 e. The molecular formula is C15H19N5O. The van der Waals surface area contributed by atoms with Crippen LogP contribution in [0.3, 0.4) is 0 Å².